The maximum absolute atomic E-state index is 10.3. The van der Waals surface area contributed by atoms with Crippen molar-refractivity contribution in [3.05, 3.63) is 11.8 Å². The Labute approximate surface area is 149 Å². The molecule has 1 saturated heterocycles. The number of ether oxygens (including phenoxy) is 3. The Morgan fingerprint density at radius 1 is 1.00 bits per heavy atom. The molecule has 0 aromatic carbocycles. The third-order valence-electron chi connectivity index (χ3n) is 5.17. The van der Waals surface area contributed by atoms with Crippen LogP contribution in [0.4, 0.5) is 0 Å². The normalized spacial score (nSPS) is 53.1. The van der Waals surface area contributed by atoms with E-state index in [9.17, 15) is 30.6 Å². The Bertz CT molecular complexity index is 515. The predicted octanol–water partition coefficient (Wildman–Crippen LogP) is -2.36. The minimum Gasteiger partial charge on any atom is -0.472 e. The van der Waals surface area contributed by atoms with Crippen LogP contribution in [-0.4, -0.2) is 91.8 Å². The average molecular weight is 383 g/mol. The molecule has 2 heterocycles. The largest absolute Gasteiger partial charge is 0.472 e. The summed E-state index contributed by atoms with van der Waals surface area (Å²) in [7, 11) is 0. The number of aliphatic hydroxyl groups is 6. The van der Waals surface area contributed by atoms with Crippen molar-refractivity contribution in [3.8, 4) is 0 Å². The lowest BCUT2D eigenvalue weighted by Crippen LogP contribution is -2.60. The monoisotopic (exact) mass is 382 g/mol. The van der Waals surface area contributed by atoms with Crippen LogP contribution in [0.2, 0.25) is 0 Å². The summed E-state index contributed by atoms with van der Waals surface area (Å²) in [4.78, 5) is 0. The molecule has 0 aromatic heterocycles. The van der Waals surface area contributed by atoms with E-state index in [1.807, 2.05) is 0 Å². The van der Waals surface area contributed by atoms with Gasteiger partial charge in [0, 0.05) is 5.92 Å². The molecule has 2 aliphatic heterocycles. The lowest BCUT2D eigenvalue weighted by Gasteiger charge is -2.43. The van der Waals surface area contributed by atoms with Crippen LogP contribution in [0.25, 0.3) is 0 Å². The number of hydrogen-bond acceptors (Lipinski definition) is 9. The first-order valence-electron chi connectivity index (χ1n) is 8.06. The number of alkyl halides is 1. The minimum absolute atomic E-state index is 0.499. The third-order valence-corrected chi connectivity index (χ3v) is 5.69. The molecule has 3 aliphatic rings. The summed E-state index contributed by atoms with van der Waals surface area (Å²) in [6.45, 7) is 1.14. The maximum atomic E-state index is 10.3. The van der Waals surface area contributed by atoms with E-state index in [0.29, 0.717) is 5.57 Å². The van der Waals surface area contributed by atoms with E-state index in [-0.39, 0.29) is 0 Å². The molecule has 11 atom stereocenters. The molecule has 10 heteroatoms. The van der Waals surface area contributed by atoms with Crippen LogP contribution in [0.3, 0.4) is 0 Å². The van der Waals surface area contributed by atoms with Gasteiger partial charge in [0.1, 0.15) is 24.4 Å². The topological polar surface area (TPSA) is 149 Å². The van der Waals surface area contributed by atoms with E-state index >= 15 is 0 Å². The second-order valence-electron chi connectivity index (χ2n) is 6.73. The van der Waals surface area contributed by atoms with Crippen molar-refractivity contribution in [3.63, 3.8) is 0 Å². The van der Waals surface area contributed by atoms with Gasteiger partial charge in [-0.2, -0.15) is 0 Å². The molecule has 25 heavy (non-hydrogen) atoms. The average Bonchev–Trinajstić information content (AvgIpc) is 2.83. The highest BCUT2D eigenvalue weighted by molar-refractivity contribution is 6.21. The fourth-order valence-corrected chi connectivity index (χ4v) is 4.06. The minimum atomic E-state index is -1.60. The van der Waals surface area contributed by atoms with Crippen molar-refractivity contribution in [2.75, 3.05) is 6.61 Å². The summed E-state index contributed by atoms with van der Waals surface area (Å²) in [6, 6.07) is 0. The van der Waals surface area contributed by atoms with Crippen molar-refractivity contribution < 1.29 is 44.8 Å². The lowest BCUT2D eigenvalue weighted by atomic mass is 9.86. The van der Waals surface area contributed by atoms with Crippen LogP contribution in [0, 0.1) is 11.8 Å². The van der Waals surface area contributed by atoms with Gasteiger partial charge in [0.25, 0.3) is 0 Å². The molecule has 0 unspecified atom stereocenters. The molecule has 9 nitrogen and oxygen atoms in total. The Hall–Kier alpha value is -0.490. The molecule has 0 aromatic rings. The molecule has 0 radical (unpaired) electrons. The van der Waals surface area contributed by atoms with Crippen LogP contribution < -0.4 is 0 Å². The summed E-state index contributed by atoms with van der Waals surface area (Å²) < 4.78 is 16.3. The molecule has 1 saturated carbocycles. The first-order valence-corrected chi connectivity index (χ1v) is 8.50. The highest BCUT2D eigenvalue weighted by atomic mass is 35.5. The number of fused-ring (bicyclic) bond motifs is 1. The van der Waals surface area contributed by atoms with Gasteiger partial charge in [0.15, 0.2) is 6.29 Å². The van der Waals surface area contributed by atoms with E-state index in [1.54, 1.807) is 6.92 Å². The molecule has 0 bridgehead atoms. The molecular weight excluding hydrogens is 360 g/mol. The lowest BCUT2D eigenvalue weighted by molar-refractivity contribution is -0.343. The van der Waals surface area contributed by atoms with Crippen molar-refractivity contribution in [2.24, 2.45) is 11.8 Å². The van der Waals surface area contributed by atoms with E-state index in [1.165, 1.54) is 6.26 Å². The van der Waals surface area contributed by atoms with Gasteiger partial charge in [0.05, 0.1) is 36.4 Å². The molecule has 6 N–H and O–H groups in total. The second kappa shape index (κ2) is 7.26. The van der Waals surface area contributed by atoms with E-state index in [0.717, 1.165) is 0 Å². The zero-order valence-corrected chi connectivity index (χ0v) is 14.2. The Morgan fingerprint density at radius 2 is 1.68 bits per heavy atom. The molecular formula is C15H23ClO9. The highest BCUT2D eigenvalue weighted by Gasteiger charge is 2.56. The number of aliphatic hydroxyl groups excluding tert-OH is 6. The van der Waals surface area contributed by atoms with E-state index < -0.39 is 73.0 Å². The van der Waals surface area contributed by atoms with Crippen molar-refractivity contribution >= 4 is 11.6 Å². The maximum Gasteiger partial charge on any atom is 0.207 e. The zero-order valence-electron chi connectivity index (χ0n) is 13.4. The first kappa shape index (κ1) is 19.3. The van der Waals surface area contributed by atoms with Crippen LogP contribution >= 0.6 is 11.6 Å². The summed E-state index contributed by atoms with van der Waals surface area (Å²) >= 11 is 6.05. The summed E-state index contributed by atoms with van der Waals surface area (Å²) in [5.74, 6) is -1.21. The fourth-order valence-electron chi connectivity index (χ4n) is 3.73. The van der Waals surface area contributed by atoms with Gasteiger partial charge in [-0.15, -0.1) is 11.6 Å². The predicted molar refractivity (Wildman–Crippen MR) is 82.1 cm³/mol. The summed E-state index contributed by atoms with van der Waals surface area (Å²) in [6.07, 6.45) is -9.08. The van der Waals surface area contributed by atoms with Gasteiger partial charge in [-0.3, -0.25) is 0 Å². The molecule has 3 rings (SSSR count). The van der Waals surface area contributed by atoms with E-state index in [2.05, 4.69) is 0 Å². The van der Waals surface area contributed by atoms with Crippen molar-refractivity contribution in [2.45, 2.75) is 61.5 Å². The standard InChI is InChI=1S/C15H23ClO9/c1-4-3-23-14(7-6(4)10(19)8(16)11(7)20)25-15-13(22)12(21)9(18)5(2-17)24-15/h3,5-15,17-22H,2H2,1H3/t5-,6-,7+,8-,9-,10+,11-,12+,13-,14+,15+/m1/s1. The quantitative estimate of drug-likeness (QED) is 0.295. The van der Waals surface area contributed by atoms with Crippen LogP contribution in [0.5, 0.6) is 0 Å². The number of halogens is 1. The number of hydrogen-bond donors (Lipinski definition) is 6. The molecule has 144 valence electrons. The van der Waals surface area contributed by atoms with E-state index in [4.69, 9.17) is 25.8 Å². The zero-order chi connectivity index (χ0) is 18.5. The van der Waals surface area contributed by atoms with Crippen molar-refractivity contribution in [1.29, 1.82) is 0 Å². The van der Waals surface area contributed by atoms with Gasteiger partial charge >= 0.3 is 0 Å². The smallest absolute Gasteiger partial charge is 0.207 e. The van der Waals surface area contributed by atoms with Crippen molar-refractivity contribution in [1.82, 2.24) is 0 Å². The summed E-state index contributed by atoms with van der Waals surface area (Å²) in [5, 5.41) is 58.6. The van der Waals surface area contributed by atoms with Crippen LogP contribution in [-0.2, 0) is 14.2 Å². The van der Waals surface area contributed by atoms with Gasteiger partial charge in [-0.1, -0.05) is 0 Å². The Morgan fingerprint density at radius 3 is 2.32 bits per heavy atom. The highest BCUT2D eigenvalue weighted by Crippen LogP contribution is 2.46. The van der Waals surface area contributed by atoms with Gasteiger partial charge in [0.2, 0.25) is 6.29 Å². The molecule has 1 aliphatic carbocycles. The third kappa shape index (κ3) is 3.18. The second-order valence-corrected chi connectivity index (χ2v) is 7.23. The SMILES string of the molecule is CC1=CO[C@@H](O[C@@H]2O[C@H](CO)[C@@H](O)[C@H](O)[C@H]2O)[C@@H]2[C@@H](O)[C@H](Cl)[C@@H](O)[C@H]12. The van der Waals surface area contributed by atoms with Gasteiger partial charge < -0.3 is 44.8 Å². The van der Waals surface area contributed by atoms with Crippen LogP contribution in [0.15, 0.2) is 11.8 Å². The van der Waals surface area contributed by atoms with Crippen LogP contribution in [0.1, 0.15) is 6.92 Å². The first-order chi connectivity index (χ1) is 11.8. The van der Waals surface area contributed by atoms with Gasteiger partial charge in [-0.25, -0.2) is 0 Å². The summed E-state index contributed by atoms with van der Waals surface area (Å²) in [5.41, 5.74) is 0.688. The molecule has 0 spiro atoms. The Kier molecular flexibility index (Phi) is 5.60. The van der Waals surface area contributed by atoms with Gasteiger partial charge in [-0.05, 0) is 12.5 Å². The molecule has 2 fully saturated rings. The number of rotatable bonds is 3. The molecule has 0 amide bonds. The Balaban J connectivity index is 1.78. The fraction of sp³-hybridized carbons (Fsp3) is 0.867.